The van der Waals surface area contributed by atoms with Crippen LogP contribution < -0.4 is 0 Å². The van der Waals surface area contributed by atoms with Gasteiger partial charge in [0.1, 0.15) is 6.10 Å². The van der Waals surface area contributed by atoms with Gasteiger partial charge in [0.15, 0.2) is 0 Å². The van der Waals surface area contributed by atoms with Crippen LogP contribution in [0.5, 0.6) is 0 Å². The average Bonchev–Trinajstić information content (AvgIpc) is 3.29. The third kappa shape index (κ3) is 2.95. The minimum absolute atomic E-state index is 0.00954. The Morgan fingerprint density at radius 2 is 1.65 bits per heavy atom. The van der Waals surface area contributed by atoms with Crippen LogP contribution in [0.3, 0.4) is 0 Å². The van der Waals surface area contributed by atoms with E-state index in [1.165, 1.54) is 0 Å². The molecule has 6 unspecified atom stereocenters. The number of rotatable bonds is 5. The Morgan fingerprint density at radius 3 is 2.15 bits per heavy atom. The van der Waals surface area contributed by atoms with Gasteiger partial charge in [-0.3, -0.25) is 9.59 Å². The molecule has 3 rings (SSSR count). The molecule has 3 fully saturated rings. The SMILES string of the molecule is CC1(C2CO2)CCC2C(C)(CCC(C(C)(C)C(=O)O)C2(C)CC(=O)O)O1. The topological polar surface area (TPSA) is 96.4 Å². The molecule has 6 nitrogen and oxygen atoms in total. The highest BCUT2D eigenvalue weighted by molar-refractivity contribution is 5.75. The molecule has 6 heteroatoms. The molecule has 26 heavy (non-hydrogen) atoms. The molecule has 3 aliphatic rings. The number of carbonyl (C=O) groups is 2. The molecule has 6 atom stereocenters. The standard InChI is InChI=1S/C20H32O6/c1-17(2,16(23)24)12-6-8-19(4)13(18(12,3)10-15(21)22)7-9-20(5,26-19)14-11-25-14/h12-14H,6-11H2,1-5H3,(H,21,22)(H,23,24). The van der Waals surface area contributed by atoms with E-state index in [1.807, 2.05) is 6.92 Å². The Labute approximate surface area is 155 Å². The van der Waals surface area contributed by atoms with Crippen LogP contribution in [0, 0.1) is 22.7 Å². The van der Waals surface area contributed by atoms with Crippen LogP contribution in [0.4, 0.5) is 0 Å². The second-order valence-corrected chi connectivity index (χ2v) is 9.84. The maximum atomic E-state index is 11.9. The van der Waals surface area contributed by atoms with Gasteiger partial charge in [-0.25, -0.2) is 0 Å². The highest BCUT2D eigenvalue weighted by atomic mass is 16.6. The van der Waals surface area contributed by atoms with Crippen LogP contribution in [0.2, 0.25) is 0 Å². The lowest BCUT2D eigenvalue weighted by molar-refractivity contribution is -0.264. The van der Waals surface area contributed by atoms with E-state index in [-0.39, 0.29) is 30.0 Å². The van der Waals surface area contributed by atoms with Crippen molar-refractivity contribution in [2.75, 3.05) is 6.61 Å². The largest absolute Gasteiger partial charge is 0.481 e. The maximum Gasteiger partial charge on any atom is 0.309 e. The first-order valence-corrected chi connectivity index (χ1v) is 9.62. The van der Waals surface area contributed by atoms with Gasteiger partial charge >= 0.3 is 11.9 Å². The van der Waals surface area contributed by atoms with E-state index in [0.29, 0.717) is 6.42 Å². The van der Waals surface area contributed by atoms with Gasteiger partial charge < -0.3 is 19.7 Å². The molecule has 1 aliphatic carbocycles. The summed E-state index contributed by atoms with van der Waals surface area (Å²) in [6.45, 7) is 10.3. The Hall–Kier alpha value is -1.14. The monoisotopic (exact) mass is 368 g/mol. The summed E-state index contributed by atoms with van der Waals surface area (Å²) < 4.78 is 12.1. The number of carboxylic acid groups (broad SMARTS) is 2. The van der Waals surface area contributed by atoms with Gasteiger partial charge in [0.05, 0.1) is 29.6 Å². The first-order valence-electron chi connectivity index (χ1n) is 9.62. The molecule has 0 aromatic rings. The average molecular weight is 368 g/mol. The van der Waals surface area contributed by atoms with E-state index in [1.54, 1.807) is 13.8 Å². The van der Waals surface area contributed by atoms with Crippen LogP contribution in [0.15, 0.2) is 0 Å². The Balaban J connectivity index is 1.98. The summed E-state index contributed by atoms with van der Waals surface area (Å²) in [5, 5.41) is 19.4. The third-order valence-electron chi connectivity index (χ3n) is 7.62. The van der Waals surface area contributed by atoms with E-state index in [9.17, 15) is 19.8 Å². The minimum Gasteiger partial charge on any atom is -0.481 e. The molecular formula is C20H32O6. The summed E-state index contributed by atoms with van der Waals surface area (Å²) in [6, 6.07) is 0. The van der Waals surface area contributed by atoms with Gasteiger partial charge in [0.2, 0.25) is 0 Å². The van der Waals surface area contributed by atoms with Crippen LogP contribution in [-0.4, -0.2) is 46.1 Å². The van der Waals surface area contributed by atoms with E-state index in [2.05, 4.69) is 13.8 Å². The van der Waals surface area contributed by atoms with Crippen molar-refractivity contribution < 1.29 is 29.3 Å². The number of carboxylic acids is 2. The fourth-order valence-corrected chi connectivity index (χ4v) is 6.18. The van der Waals surface area contributed by atoms with Crippen molar-refractivity contribution in [3.05, 3.63) is 0 Å². The lowest BCUT2D eigenvalue weighted by atomic mass is 9.47. The van der Waals surface area contributed by atoms with Crippen molar-refractivity contribution in [2.24, 2.45) is 22.7 Å². The normalized spacial score (nSPS) is 45.7. The number of hydrogen-bond acceptors (Lipinski definition) is 4. The molecule has 2 heterocycles. The molecule has 2 N–H and O–H groups in total. The highest BCUT2D eigenvalue weighted by Gasteiger charge is 2.64. The molecule has 0 bridgehead atoms. The molecule has 0 amide bonds. The van der Waals surface area contributed by atoms with E-state index in [4.69, 9.17) is 9.47 Å². The smallest absolute Gasteiger partial charge is 0.309 e. The fourth-order valence-electron chi connectivity index (χ4n) is 6.18. The second kappa shape index (κ2) is 5.93. The van der Waals surface area contributed by atoms with Crippen molar-refractivity contribution in [3.8, 4) is 0 Å². The van der Waals surface area contributed by atoms with E-state index >= 15 is 0 Å². The summed E-state index contributed by atoms with van der Waals surface area (Å²) >= 11 is 0. The van der Waals surface area contributed by atoms with Gasteiger partial charge in [-0.05, 0) is 70.6 Å². The van der Waals surface area contributed by atoms with Gasteiger partial charge in [0.25, 0.3) is 0 Å². The third-order valence-corrected chi connectivity index (χ3v) is 7.62. The molecule has 0 aromatic heterocycles. The predicted octanol–water partition coefficient (Wildman–Crippen LogP) is 3.33. The van der Waals surface area contributed by atoms with Gasteiger partial charge in [0, 0.05) is 0 Å². The summed E-state index contributed by atoms with van der Waals surface area (Å²) in [6.07, 6.45) is 3.14. The molecule has 2 saturated heterocycles. The number of aliphatic carboxylic acids is 2. The predicted molar refractivity (Wildman–Crippen MR) is 94.9 cm³/mol. The Kier molecular flexibility index (Phi) is 4.47. The summed E-state index contributed by atoms with van der Waals surface area (Å²) in [4.78, 5) is 23.7. The molecule has 148 valence electrons. The Bertz CT molecular complexity index is 611. The number of epoxide rings is 1. The van der Waals surface area contributed by atoms with Crippen molar-refractivity contribution in [3.63, 3.8) is 0 Å². The molecule has 1 saturated carbocycles. The van der Waals surface area contributed by atoms with Crippen molar-refractivity contribution in [1.29, 1.82) is 0 Å². The molecular weight excluding hydrogens is 336 g/mol. The van der Waals surface area contributed by atoms with Crippen LogP contribution >= 0.6 is 0 Å². The van der Waals surface area contributed by atoms with E-state index < -0.39 is 28.4 Å². The number of ether oxygens (including phenoxy) is 2. The first-order chi connectivity index (χ1) is 11.9. The lowest BCUT2D eigenvalue weighted by Gasteiger charge is -2.62. The lowest BCUT2D eigenvalue weighted by Crippen LogP contribution is -2.63. The summed E-state index contributed by atoms with van der Waals surface area (Å²) in [5.74, 6) is -1.94. The van der Waals surface area contributed by atoms with Crippen LogP contribution in [0.1, 0.15) is 66.7 Å². The zero-order valence-corrected chi connectivity index (χ0v) is 16.5. The molecule has 0 radical (unpaired) electrons. The zero-order chi connectivity index (χ0) is 19.5. The molecule has 0 spiro atoms. The van der Waals surface area contributed by atoms with Gasteiger partial charge in [-0.2, -0.15) is 0 Å². The highest BCUT2D eigenvalue weighted by Crippen LogP contribution is 2.63. The maximum absolute atomic E-state index is 11.9. The molecule has 2 aliphatic heterocycles. The molecule has 0 aromatic carbocycles. The summed E-state index contributed by atoms with van der Waals surface area (Å²) in [5.41, 5.74) is -2.39. The van der Waals surface area contributed by atoms with Crippen molar-refractivity contribution in [2.45, 2.75) is 84.0 Å². The second-order valence-electron chi connectivity index (χ2n) is 9.84. The zero-order valence-electron chi connectivity index (χ0n) is 16.5. The minimum atomic E-state index is -0.980. The van der Waals surface area contributed by atoms with Gasteiger partial charge in [-0.1, -0.05) is 6.92 Å². The quantitative estimate of drug-likeness (QED) is 0.723. The Morgan fingerprint density at radius 1 is 1.08 bits per heavy atom. The van der Waals surface area contributed by atoms with Crippen LogP contribution in [-0.2, 0) is 19.1 Å². The number of fused-ring (bicyclic) bond motifs is 1. The van der Waals surface area contributed by atoms with Gasteiger partial charge in [-0.15, -0.1) is 0 Å². The number of hydrogen-bond donors (Lipinski definition) is 2. The van der Waals surface area contributed by atoms with E-state index in [0.717, 1.165) is 25.9 Å². The fraction of sp³-hybridized carbons (Fsp3) is 0.900. The summed E-state index contributed by atoms with van der Waals surface area (Å²) in [7, 11) is 0. The van der Waals surface area contributed by atoms with Crippen molar-refractivity contribution in [1.82, 2.24) is 0 Å². The van der Waals surface area contributed by atoms with Crippen LogP contribution in [0.25, 0.3) is 0 Å². The first kappa shape index (κ1) is 19.6. The van der Waals surface area contributed by atoms with Crippen molar-refractivity contribution >= 4 is 11.9 Å².